The fourth-order valence-corrected chi connectivity index (χ4v) is 3.65. The number of nitrogens with zero attached hydrogens (tertiary/aromatic N) is 4. The van der Waals surface area contributed by atoms with Crippen molar-refractivity contribution in [3.63, 3.8) is 0 Å². The van der Waals surface area contributed by atoms with Crippen molar-refractivity contribution in [3.05, 3.63) is 28.2 Å². The highest BCUT2D eigenvalue weighted by molar-refractivity contribution is 9.10. The van der Waals surface area contributed by atoms with E-state index in [1.165, 1.54) is 11.8 Å². The first kappa shape index (κ1) is 19.1. The number of anilines is 2. The van der Waals surface area contributed by atoms with Crippen molar-refractivity contribution in [1.29, 1.82) is 0 Å². The lowest BCUT2D eigenvalue weighted by Crippen LogP contribution is -2.37. The fraction of sp³-hybridized carbons (Fsp3) is 0.400. The lowest BCUT2D eigenvalue weighted by Gasteiger charge is -2.27. The number of halogens is 3. The van der Waals surface area contributed by atoms with Crippen LogP contribution in [0.25, 0.3) is 0 Å². The van der Waals surface area contributed by atoms with Gasteiger partial charge in [-0.1, -0.05) is 11.8 Å². The Bertz CT molecular complexity index is 790. The number of nitrogens with one attached hydrogen (secondary N) is 1. The summed E-state index contributed by atoms with van der Waals surface area (Å²) < 4.78 is 34.1. The Morgan fingerprint density at radius 1 is 1.35 bits per heavy atom. The summed E-state index contributed by atoms with van der Waals surface area (Å²) in [6, 6.07) is 1.80. The van der Waals surface area contributed by atoms with Crippen molar-refractivity contribution in [2.75, 3.05) is 42.3 Å². The third-order valence-corrected chi connectivity index (χ3v) is 5.36. The van der Waals surface area contributed by atoms with Crippen LogP contribution in [0.5, 0.6) is 0 Å². The molecule has 1 aromatic heterocycles. The Hall–Kier alpha value is -1.72. The Labute approximate surface area is 161 Å². The molecule has 0 bridgehead atoms. The first-order valence-corrected chi connectivity index (χ1v) is 9.53. The topological polar surface area (TPSA) is 72.3 Å². The molecule has 0 unspecified atom stereocenters. The largest absolute Gasteiger partial charge is 0.378 e. The number of aromatic nitrogens is 3. The van der Waals surface area contributed by atoms with Gasteiger partial charge in [-0.05, 0) is 22.0 Å². The van der Waals surface area contributed by atoms with Gasteiger partial charge in [0.25, 0.3) is 0 Å². The SMILES string of the molecule is Cn1c(SCC(=O)Nc2c(F)cc(F)cc2Br)nnc1N1CCOCC1. The van der Waals surface area contributed by atoms with Crippen molar-refractivity contribution in [3.8, 4) is 0 Å². The molecule has 1 aliphatic rings. The molecule has 0 saturated carbocycles. The van der Waals surface area contributed by atoms with Crippen LogP contribution in [0.2, 0.25) is 0 Å². The molecule has 2 heterocycles. The molecule has 1 fully saturated rings. The predicted octanol–water partition coefficient (Wildman–Crippen LogP) is 2.42. The normalized spacial score (nSPS) is 14.5. The van der Waals surface area contributed by atoms with Gasteiger partial charge < -0.3 is 15.0 Å². The van der Waals surface area contributed by atoms with Crippen LogP contribution in [-0.2, 0) is 16.6 Å². The van der Waals surface area contributed by atoms with Crippen LogP contribution in [0.1, 0.15) is 0 Å². The van der Waals surface area contributed by atoms with E-state index in [4.69, 9.17) is 4.74 Å². The maximum Gasteiger partial charge on any atom is 0.234 e. The van der Waals surface area contributed by atoms with Crippen LogP contribution < -0.4 is 10.2 Å². The molecule has 3 rings (SSSR count). The fourth-order valence-electron chi connectivity index (χ4n) is 2.44. The molecule has 7 nitrogen and oxygen atoms in total. The van der Waals surface area contributed by atoms with Crippen LogP contribution >= 0.6 is 27.7 Å². The van der Waals surface area contributed by atoms with E-state index >= 15 is 0 Å². The number of hydrogen-bond acceptors (Lipinski definition) is 6. The van der Waals surface area contributed by atoms with Crippen LogP contribution in [0.4, 0.5) is 20.4 Å². The predicted molar refractivity (Wildman–Crippen MR) is 97.4 cm³/mol. The van der Waals surface area contributed by atoms with E-state index in [2.05, 4.69) is 36.3 Å². The number of carbonyl (C=O) groups is 1. The molecule has 140 valence electrons. The Morgan fingerprint density at radius 3 is 2.77 bits per heavy atom. The van der Waals surface area contributed by atoms with Gasteiger partial charge in [0, 0.05) is 30.7 Å². The number of benzene rings is 1. The van der Waals surface area contributed by atoms with E-state index < -0.39 is 17.5 Å². The molecule has 0 radical (unpaired) electrons. The molecule has 1 amide bonds. The molecular weight excluding hydrogens is 432 g/mol. The zero-order valence-corrected chi connectivity index (χ0v) is 16.2. The van der Waals surface area contributed by atoms with Crippen molar-refractivity contribution >= 4 is 45.2 Å². The third-order valence-electron chi connectivity index (χ3n) is 3.71. The second-order valence-electron chi connectivity index (χ2n) is 5.52. The number of ether oxygens (including phenoxy) is 1. The summed E-state index contributed by atoms with van der Waals surface area (Å²) in [5, 5.41) is 11.3. The van der Waals surface area contributed by atoms with Crippen LogP contribution in [-0.4, -0.2) is 52.7 Å². The molecule has 1 aromatic carbocycles. The number of carbonyl (C=O) groups excluding carboxylic acids is 1. The number of thioether (sulfide) groups is 1. The number of rotatable bonds is 5. The minimum atomic E-state index is -0.844. The molecule has 26 heavy (non-hydrogen) atoms. The average molecular weight is 448 g/mol. The van der Waals surface area contributed by atoms with Gasteiger partial charge in [-0.2, -0.15) is 0 Å². The highest BCUT2D eigenvalue weighted by atomic mass is 79.9. The standard InChI is InChI=1S/C15H16BrF2N5O2S/c1-22-14(23-2-4-25-5-3-23)20-21-15(22)26-8-12(24)19-13-10(16)6-9(17)7-11(13)18/h6-7H,2-5,8H2,1H3,(H,19,24). The molecule has 1 N–H and O–H groups in total. The molecule has 1 aliphatic heterocycles. The van der Waals surface area contributed by atoms with E-state index in [1.54, 1.807) is 4.57 Å². The van der Waals surface area contributed by atoms with Crippen LogP contribution in [0, 0.1) is 11.6 Å². The number of morpholine rings is 1. The molecule has 2 aromatic rings. The lowest BCUT2D eigenvalue weighted by molar-refractivity contribution is -0.113. The van der Waals surface area contributed by atoms with Crippen molar-refractivity contribution in [2.24, 2.45) is 7.05 Å². The summed E-state index contributed by atoms with van der Waals surface area (Å²) in [4.78, 5) is 14.2. The minimum Gasteiger partial charge on any atom is -0.378 e. The first-order valence-electron chi connectivity index (χ1n) is 7.75. The number of amides is 1. The van der Waals surface area contributed by atoms with Gasteiger partial charge in [-0.15, -0.1) is 10.2 Å². The monoisotopic (exact) mass is 447 g/mol. The maximum atomic E-state index is 13.8. The molecule has 0 spiro atoms. The minimum absolute atomic E-state index is 0.0122. The molecule has 0 aliphatic carbocycles. The quantitative estimate of drug-likeness (QED) is 0.709. The second kappa shape index (κ2) is 8.31. The van der Waals surface area contributed by atoms with E-state index in [-0.39, 0.29) is 15.9 Å². The zero-order valence-electron chi connectivity index (χ0n) is 13.8. The summed E-state index contributed by atoms with van der Waals surface area (Å²) in [5.74, 6) is -1.28. The Morgan fingerprint density at radius 2 is 2.08 bits per heavy atom. The molecular formula is C15H16BrF2N5O2S. The van der Waals surface area contributed by atoms with E-state index in [1.807, 2.05) is 7.05 Å². The van der Waals surface area contributed by atoms with Crippen LogP contribution in [0.3, 0.4) is 0 Å². The molecule has 11 heteroatoms. The van der Waals surface area contributed by atoms with Gasteiger partial charge in [-0.3, -0.25) is 9.36 Å². The first-order chi connectivity index (χ1) is 12.5. The van der Waals surface area contributed by atoms with Gasteiger partial charge in [0.05, 0.1) is 24.7 Å². The van der Waals surface area contributed by atoms with Crippen LogP contribution in [0.15, 0.2) is 21.8 Å². The summed E-state index contributed by atoms with van der Waals surface area (Å²) in [6.45, 7) is 2.73. The van der Waals surface area contributed by atoms with Gasteiger partial charge >= 0.3 is 0 Å². The van der Waals surface area contributed by atoms with Crippen molar-refractivity contribution in [1.82, 2.24) is 14.8 Å². The lowest BCUT2D eigenvalue weighted by atomic mass is 10.3. The van der Waals surface area contributed by atoms with Gasteiger partial charge in [0.15, 0.2) is 11.0 Å². The summed E-state index contributed by atoms with van der Waals surface area (Å²) in [7, 11) is 1.82. The second-order valence-corrected chi connectivity index (χ2v) is 7.32. The van der Waals surface area contributed by atoms with Crippen molar-refractivity contribution in [2.45, 2.75) is 5.16 Å². The summed E-state index contributed by atoms with van der Waals surface area (Å²) >= 11 is 4.22. The highest BCUT2D eigenvalue weighted by Crippen LogP contribution is 2.27. The highest BCUT2D eigenvalue weighted by Gasteiger charge is 2.19. The third kappa shape index (κ3) is 4.33. The Balaban J connectivity index is 1.61. The van der Waals surface area contributed by atoms with Gasteiger partial charge in [0.1, 0.15) is 5.82 Å². The molecule has 1 saturated heterocycles. The smallest absolute Gasteiger partial charge is 0.234 e. The van der Waals surface area contributed by atoms with E-state index in [9.17, 15) is 13.6 Å². The number of hydrogen-bond donors (Lipinski definition) is 1. The molecule has 0 atom stereocenters. The average Bonchev–Trinajstić information content (AvgIpc) is 2.98. The Kier molecular flexibility index (Phi) is 6.09. The summed E-state index contributed by atoms with van der Waals surface area (Å²) in [5.41, 5.74) is -0.0935. The summed E-state index contributed by atoms with van der Waals surface area (Å²) in [6.07, 6.45) is 0. The maximum absolute atomic E-state index is 13.8. The van der Waals surface area contributed by atoms with Gasteiger partial charge in [-0.25, -0.2) is 8.78 Å². The van der Waals surface area contributed by atoms with E-state index in [0.717, 1.165) is 19.2 Å². The zero-order chi connectivity index (χ0) is 18.7. The van der Waals surface area contributed by atoms with Crippen molar-refractivity contribution < 1.29 is 18.3 Å². The van der Waals surface area contributed by atoms with E-state index in [0.29, 0.717) is 30.4 Å². The van der Waals surface area contributed by atoms with Gasteiger partial charge in [0.2, 0.25) is 11.9 Å².